The predicted molar refractivity (Wildman–Crippen MR) is 127 cm³/mol. The monoisotopic (exact) mass is 467 g/mol. The number of aromatic nitrogens is 1. The Morgan fingerprint density at radius 3 is 2.53 bits per heavy atom. The van der Waals surface area contributed by atoms with Crippen LogP contribution < -0.4 is 9.47 Å². The topological polar surface area (TPSA) is 68.7 Å². The predicted octanol–water partition coefficient (Wildman–Crippen LogP) is 6.69. The molecule has 0 fully saturated rings. The number of hydrogen-bond acceptors (Lipinski definition) is 4. The van der Waals surface area contributed by atoms with Gasteiger partial charge in [0.25, 0.3) is 0 Å². The number of fused-ring (bicyclic) bond motifs is 2. The van der Waals surface area contributed by atoms with Crippen molar-refractivity contribution in [2.24, 2.45) is 11.3 Å². The van der Waals surface area contributed by atoms with Gasteiger partial charge in [0.15, 0.2) is 11.5 Å². The van der Waals surface area contributed by atoms with Gasteiger partial charge in [-0.2, -0.15) is 8.78 Å². The number of benzene rings is 2. The van der Waals surface area contributed by atoms with E-state index in [4.69, 9.17) is 9.72 Å². The normalized spacial score (nSPS) is 17.1. The number of halogens is 2. The molecule has 1 atom stereocenters. The third-order valence-corrected chi connectivity index (χ3v) is 6.40. The summed E-state index contributed by atoms with van der Waals surface area (Å²) >= 11 is 0. The molecule has 2 aromatic carbocycles. The lowest BCUT2D eigenvalue weighted by molar-refractivity contribution is -0.0512. The van der Waals surface area contributed by atoms with Crippen molar-refractivity contribution in [3.8, 4) is 11.5 Å². The highest BCUT2D eigenvalue weighted by Gasteiger charge is 2.35. The molecule has 1 unspecified atom stereocenters. The van der Waals surface area contributed by atoms with Gasteiger partial charge in [-0.05, 0) is 65.1 Å². The molecule has 1 aliphatic rings. The van der Waals surface area contributed by atoms with E-state index >= 15 is 0 Å². The zero-order valence-corrected chi connectivity index (χ0v) is 19.6. The molecule has 0 bridgehead atoms. The quantitative estimate of drug-likeness (QED) is 0.453. The molecule has 3 aromatic rings. The van der Waals surface area contributed by atoms with Gasteiger partial charge >= 0.3 is 12.6 Å². The van der Waals surface area contributed by atoms with Crippen LogP contribution in [0.1, 0.15) is 54.4 Å². The van der Waals surface area contributed by atoms with Crippen molar-refractivity contribution in [1.82, 2.24) is 4.98 Å². The number of nitrogens with zero attached hydrogens (tertiary/aromatic N) is 1. The Hall–Kier alpha value is -3.48. The van der Waals surface area contributed by atoms with Crippen molar-refractivity contribution in [3.63, 3.8) is 0 Å². The lowest BCUT2D eigenvalue weighted by atomic mass is 9.69. The maximum absolute atomic E-state index is 12.7. The van der Waals surface area contributed by atoms with Gasteiger partial charge in [-0.25, -0.2) is 9.78 Å². The van der Waals surface area contributed by atoms with E-state index in [1.807, 2.05) is 24.3 Å². The summed E-state index contributed by atoms with van der Waals surface area (Å²) in [5, 5.41) is 10.8. The van der Waals surface area contributed by atoms with E-state index in [1.54, 1.807) is 18.2 Å². The maximum Gasteiger partial charge on any atom is 0.387 e. The molecule has 34 heavy (non-hydrogen) atoms. The van der Waals surface area contributed by atoms with Gasteiger partial charge in [0.2, 0.25) is 0 Å². The van der Waals surface area contributed by atoms with Crippen molar-refractivity contribution in [2.75, 3.05) is 7.11 Å². The molecule has 0 saturated carbocycles. The number of allylic oxidation sites excluding steroid dienone is 1. The molecule has 0 amide bonds. The average Bonchev–Trinajstić information content (AvgIpc) is 2.77. The number of pyridine rings is 1. The second-order valence-electron chi connectivity index (χ2n) is 9.57. The van der Waals surface area contributed by atoms with Gasteiger partial charge in [-0.3, -0.25) is 0 Å². The standard InChI is InChI=1S/C27H27F2NO4/c1-27(2,3)17-13-16(11-15-9-10-21(34-26(28)29)22(12-15)33-4)24-19(14-17)23(25(31)32)18-7-5-6-8-20(18)30-24/h5-12,17,26H,13-14H2,1-4H3,(H,31,32). The van der Waals surface area contributed by atoms with Gasteiger partial charge in [0.05, 0.1) is 23.9 Å². The lowest BCUT2D eigenvalue weighted by Crippen LogP contribution is -2.28. The molecule has 1 aromatic heterocycles. The van der Waals surface area contributed by atoms with Crippen LogP contribution in [0.3, 0.4) is 0 Å². The summed E-state index contributed by atoms with van der Waals surface area (Å²) in [5.41, 5.74) is 3.87. The zero-order chi connectivity index (χ0) is 24.6. The van der Waals surface area contributed by atoms with Crippen LogP contribution in [0.15, 0.2) is 42.5 Å². The molecule has 1 heterocycles. The van der Waals surface area contributed by atoms with E-state index in [2.05, 4.69) is 25.5 Å². The summed E-state index contributed by atoms with van der Waals surface area (Å²) in [7, 11) is 1.39. The number of carboxylic acid groups (broad SMARTS) is 1. The van der Waals surface area contributed by atoms with Crippen LogP contribution in [0.25, 0.3) is 22.6 Å². The first-order valence-electron chi connectivity index (χ1n) is 11.1. The summed E-state index contributed by atoms with van der Waals surface area (Å²) in [6.07, 6.45) is 3.25. The summed E-state index contributed by atoms with van der Waals surface area (Å²) in [4.78, 5) is 17.2. The van der Waals surface area contributed by atoms with E-state index < -0.39 is 12.6 Å². The minimum Gasteiger partial charge on any atom is -0.493 e. The first kappa shape index (κ1) is 23.7. The van der Waals surface area contributed by atoms with E-state index in [0.717, 1.165) is 16.7 Å². The third-order valence-electron chi connectivity index (χ3n) is 6.40. The van der Waals surface area contributed by atoms with Gasteiger partial charge in [0.1, 0.15) is 0 Å². The molecule has 1 N–H and O–H groups in total. The fourth-order valence-corrected chi connectivity index (χ4v) is 4.55. The number of methoxy groups -OCH3 is 1. The van der Waals surface area contributed by atoms with E-state index in [9.17, 15) is 18.7 Å². The molecular weight excluding hydrogens is 440 g/mol. The number of rotatable bonds is 5. The van der Waals surface area contributed by atoms with Crippen LogP contribution in [0.2, 0.25) is 0 Å². The molecule has 1 aliphatic carbocycles. The number of alkyl halides is 2. The highest BCUT2D eigenvalue weighted by Crippen LogP contribution is 2.45. The SMILES string of the molecule is COc1cc(C=C2CC(C(C)(C)C)Cc3c2nc2ccccc2c3C(=O)O)ccc1OC(F)F. The van der Waals surface area contributed by atoms with Crippen LogP contribution in [0.4, 0.5) is 8.78 Å². The van der Waals surface area contributed by atoms with Crippen LogP contribution >= 0.6 is 0 Å². The number of carbonyl (C=O) groups is 1. The average molecular weight is 468 g/mol. The fraction of sp³-hybridized carbons (Fsp3) is 0.333. The Labute approximate surface area is 197 Å². The molecular formula is C27H27F2NO4. The Bertz CT molecular complexity index is 1280. The second kappa shape index (κ2) is 9.05. The summed E-state index contributed by atoms with van der Waals surface area (Å²) in [6, 6.07) is 12.0. The van der Waals surface area contributed by atoms with E-state index in [1.165, 1.54) is 13.2 Å². The van der Waals surface area contributed by atoms with E-state index in [0.29, 0.717) is 35.0 Å². The van der Waals surface area contributed by atoms with Crippen molar-refractivity contribution >= 4 is 28.5 Å². The Morgan fingerprint density at radius 2 is 1.88 bits per heavy atom. The Kier molecular flexibility index (Phi) is 6.30. The van der Waals surface area contributed by atoms with Gasteiger partial charge in [-0.1, -0.05) is 45.0 Å². The summed E-state index contributed by atoms with van der Waals surface area (Å²) in [5.74, 6) is -0.640. The van der Waals surface area contributed by atoms with Crippen LogP contribution in [0, 0.1) is 11.3 Å². The number of carboxylic acids is 1. The largest absolute Gasteiger partial charge is 0.493 e. The number of hydrogen-bond donors (Lipinski definition) is 1. The number of aromatic carboxylic acids is 1. The Balaban J connectivity index is 1.92. The molecule has 0 saturated heterocycles. The van der Waals surface area contributed by atoms with Crippen LogP contribution in [-0.4, -0.2) is 29.8 Å². The molecule has 7 heteroatoms. The molecule has 178 valence electrons. The van der Waals surface area contributed by atoms with Gasteiger partial charge in [-0.15, -0.1) is 0 Å². The molecule has 4 rings (SSSR count). The van der Waals surface area contributed by atoms with Gasteiger partial charge < -0.3 is 14.6 Å². The van der Waals surface area contributed by atoms with Gasteiger partial charge in [0, 0.05) is 5.39 Å². The van der Waals surface area contributed by atoms with Crippen LogP contribution in [0.5, 0.6) is 11.5 Å². The second-order valence-corrected chi connectivity index (χ2v) is 9.57. The molecule has 0 aliphatic heterocycles. The molecule has 0 radical (unpaired) electrons. The first-order valence-corrected chi connectivity index (χ1v) is 11.1. The van der Waals surface area contributed by atoms with Crippen molar-refractivity contribution in [1.29, 1.82) is 0 Å². The van der Waals surface area contributed by atoms with Crippen molar-refractivity contribution in [2.45, 2.75) is 40.2 Å². The minimum atomic E-state index is -2.96. The first-order chi connectivity index (χ1) is 16.1. The van der Waals surface area contributed by atoms with Crippen LogP contribution in [-0.2, 0) is 6.42 Å². The zero-order valence-electron chi connectivity index (χ0n) is 19.6. The van der Waals surface area contributed by atoms with Crippen molar-refractivity contribution < 1.29 is 28.2 Å². The maximum atomic E-state index is 12.7. The fourth-order valence-electron chi connectivity index (χ4n) is 4.55. The highest BCUT2D eigenvalue weighted by atomic mass is 19.3. The summed E-state index contributed by atoms with van der Waals surface area (Å²) in [6.45, 7) is 3.49. The molecule has 0 spiro atoms. The minimum absolute atomic E-state index is 0.0476. The Morgan fingerprint density at radius 1 is 1.15 bits per heavy atom. The van der Waals surface area contributed by atoms with E-state index in [-0.39, 0.29) is 22.8 Å². The number of para-hydroxylation sites is 1. The third kappa shape index (κ3) is 4.60. The number of ether oxygens (including phenoxy) is 2. The lowest BCUT2D eigenvalue weighted by Gasteiger charge is -2.36. The summed E-state index contributed by atoms with van der Waals surface area (Å²) < 4.78 is 35.2. The highest BCUT2D eigenvalue weighted by molar-refractivity contribution is 6.06. The molecule has 5 nitrogen and oxygen atoms in total. The smallest absolute Gasteiger partial charge is 0.387 e. The van der Waals surface area contributed by atoms with Crippen molar-refractivity contribution in [3.05, 3.63) is 64.8 Å².